The van der Waals surface area contributed by atoms with Gasteiger partial charge >= 0.3 is 0 Å². The standard InChI is InChI=1S/C21H24N2O3S/c1-22(13-17-6-3-7-18(12-17)25-2)21(24)16-23(14-19-8-4-10-26-19)15-20-9-5-11-27-20/h3-12H,13-16H2,1-2H3. The fourth-order valence-corrected chi connectivity index (χ4v) is 3.60. The molecule has 1 aromatic carbocycles. The third-order valence-corrected chi connectivity index (χ3v) is 5.12. The molecule has 27 heavy (non-hydrogen) atoms. The number of hydrogen-bond donors (Lipinski definition) is 0. The van der Waals surface area contributed by atoms with E-state index in [2.05, 4.69) is 16.3 Å². The highest BCUT2D eigenvalue weighted by molar-refractivity contribution is 7.09. The minimum Gasteiger partial charge on any atom is -0.497 e. The zero-order valence-electron chi connectivity index (χ0n) is 15.6. The SMILES string of the molecule is COc1cccc(CN(C)C(=O)CN(Cc2ccco2)Cc2cccs2)c1. The fourth-order valence-electron chi connectivity index (χ4n) is 2.86. The van der Waals surface area contributed by atoms with Gasteiger partial charge in [-0.25, -0.2) is 0 Å². The van der Waals surface area contributed by atoms with Crippen LogP contribution in [-0.2, 0) is 24.4 Å². The van der Waals surface area contributed by atoms with Crippen molar-refractivity contribution in [2.24, 2.45) is 0 Å². The summed E-state index contributed by atoms with van der Waals surface area (Å²) in [6.45, 7) is 2.20. The fraction of sp³-hybridized carbons (Fsp3) is 0.286. The summed E-state index contributed by atoms with van der Waals surface area (Å²) >= 11 is 1.69. The van der Waals surface area contributed by atoms with E-state index in [0.29, 0.717) is 19.6 Å². The molecule has 3 rings (SSSR count). The molecule has 0 aliphatic rings. The maximum atomic E-state index is 12.8. The van der Waals surface area contributed by atoms with Gasteiger partial charge in [0.1, 0.15) is 11.5 Å². The Morgan fingerprint density at radius 3 is 2.70 bits per heavy atom. The molecule has 0 saturated heterocycles. The second kappa shape index (κ2) is 9.39. The van der Waals surface area contributed by atoms with Crippen molar-refractivity contribution < 1.29 is 13.9 Å². The number of ether oxygens (including phenoxy) is 1. The summed E-state index contributed by atoms with van der Waals surface area (Å²) in [5, 5.41) is 2.05. The third-order valence-electron chi connectivity index (χ3n) is 4.26. The van der Waals surface area contributed by atoms with Gasteiger partial charge in [0.05, 0.1) is 26.5 Å². The second-order valence-corrected chi connectivity index (χ2v) is 7.44. The van der Waals surface area contributed by atoms with E-state index in [1.54, 1.807) is 29.6 Å². The highest BCUT2D eigenvalue weighted by Crippen LogP contribution is 2.16. The van der Waals surface area contributed by atoms with Gasteiger partial charge in [-0.2, -0.15) is 0 Å². The van der Waals surface area contributed by atoms with E-state index in [0.717, 1.165) is 23.6 Å². The Hall–Kier alpha value is -2.57. The predicted molar refractivity (Wildman–Crippen MR) is 107 cm³/mol. The van der Waals surface area contributed by atoms with Crippen LogP contribution in [0.15, 0.2) is 64.6 Å². The Morgan fingerprint density at radius 2 is 2.00 bits per heavy atom. The number of amides is 1. The molecule has 0 saturated carbocycles. The van der Waals surface area contributed by atoms with E-state index in [1.807, 2.05) is 49.5 Å². The van der Waals surface area contributed by atoms with Crippen molar-refractivity contribution in [3.63, 3.8) is 0 Å². The predicted octanol–water partition coefficient (Wildman–Crippen LogP) is 4.01. The first kappa shape index (κ1) is 19.2. The molecule has 0 unspecified atom stereocenters. The summed E-state index contributed by atoms with van der Waals surface area (Å²) in [5.41, 5.74) is 1.04. The lowest BCUT2D eigenvalue weighted by atomic mass is 10.2. The zero-order valence-corrected chi connectivity index (χ0v) is 16.4. The number of thiophene rings is 1. The summed E-state index contributed by atoms with van der Waals surface area (Å²) in [7, 11) is 3.48. The maximum Gasteiger partial charge on any atom is 0.236 e. The molecule has 0 aliphatic heterocycles. The number of nitrogens with zero attached hydrogens (tertiary/aromatic N) is 2. The molecule has 1 amide bonds. The number of likely N-dealkylation sites (N-methyl/N-ethyl adjacent to an activating group) is 1. The van der Waals surface area contributed by atoms with Crippen LogP contribution in [0.3, 0.4) is 0 Å². The van der Waals surface area contributed by atoms with Gasteiger partial charge in [-0.05, 0) is 41.3 Å². The first-order valence-corrected chi connectivity index (χ1v) is 9.66. The highest BCUT2D eigenvalue weighted by atomic mass is 32.1. The van der Waals surface area contributed by atoms with Crippen LogP contribution in [0.5, 0.6) is 5.75 Å². The van der Waals surface area contributed by atoms with E-state index in [4.69, 9.17) is 9.15 Å². The van der Waals surface area contributed by atoms with E-state index >= 15 is 0 Å². The summed E-state index contributed by atoms with van der Waals surface area (Å²) < 4.78 is 10.7. The molecule has 0 fully saturated rings. The highest BCUT2D eigenvalue weighted by Gasteiger charge is 2.17. The third kappa shape index (κ3) is 5.70. The van der Waals surface area contributed by atoms with Crippen LogP contribution < -0.4 is 4.74 Å². The summed E-state index contributed by atoms with van der Waals surface area (Å²) in [5.74, 6) is 1.72. The van der Waals surface area contributed by atoms with Crippen molar-refractivity contribution in [3.05, 3.63) is 76.4 Å². The normalized spacial score (nSPS) is 10.9. The Kier molecular flexibility index (Phi) is 6.68. The Balaban J connectivity index is 1.63. The summed E-state index contributed by atoms with van der Waals surface area (Å²) in [4.78, 5) is 17.9. The second-order valence-electron chi connectivity index (χ2n) is 6.41. The summed E-state index contributed by atoms with van der Waals surface area (Å²) in [6.07, 6.45) is 1.66. The molecule has 0 spiro atoms. The average Bonchev–Trinajstić information content (AvgIpc) is 3.36. The monoisotopic (exact) mass is 384 g/mol. The average molecular weight is 385 g/mol. The van der Waals surface area contributed by atoms with Crippen LogP contribution in [0.1, 0.15) is 16.2 Å². The van der Waals surface area contributed by atoms with Crippen LogP contribution >= 0.6 is 11.3 Å². The van der Waals surface area contributed by atoms with Crippen LogP contribution in [-0.4, -0.2) is 36.4 Å². The van der Waals surface area contributed by atoms with Crippen molar-refractivity contribution in [2.75, 3.05) is 20.7 Å². The van der Waals surface area contributed by atoms with Gasteiger partial charge in [-0.15, -0.1) is 11.3 Å². The number of hydrogen-bond acceptors (Lipinski definition) is 5. The lowest BCUT2D eigenvalue weighted by molar-refractivity contribution is -0.132. The first-order valence-electron chi connectivity index (χ1n) is 8.78. The van der Waals surface area contributed by atoms with Gasteiger partial charge in [0.25, 0.3) is 0 Å². The van der Waals surface area contributed by atoms with Crippen LogP contribution in [0.25, 0.3) is 0 Å². The summed E-state index contributed by atoms with van der Waals surface area (Å²) in [6, 6.07) is 15.7. The molecule has 5 nitrogen and oxygen atoms in total. The van der Waals surface area contributed by atoms with E-state index in [1.165, 1.54) is 4.88 Å². The molecule has 2 aromatic heterocycles. The van der Waals surface area contributed by atoms with Crippen molar-refractivity contribution in [1.29, 1.82) is 0 Å². The number of furan rings is 1. The van der Waals surface area contributed by atoms with Crippen LogP contribution in [0, 0.1) is 0 Å². The van der Waals surface area contributed by atoms with E-state index in [9.17, 15) is 4.79 Å². The lowest BCUT2D eigenvalue weighted by Gasteiger charge is -2.24. The molecule has 2 heterocycles. The van der Waals surface area contributed by atoms with Crippen molar-refractivity contribution in [1.82, 2.24) is 9.80 Å². The molecular formula is C21H24N2O3S. The van der Waals surface area contributed by atoms with Gasteiger partial charge in [-0.3, -0.25) is 9.69 Å². The van der Waals surface area contributed by atoms with Crippen LogP contribution in [0.2, 0.25) is 0 Å². The first-order chi connectivity index (χ1) is 13.1. The Morgan fingerprint density at radius 1 is 1.11 bits per heavy atom. The number of rotatable bonds is 9. The van der Waals surface area contributed by atoms with Crippen LogP contribution in [0.4, 0.5) is 0 Å². The quantitative estimate of drug-likeness (QED) is 0.559. The molecule has 0 radical (unpaired) electrons. The van der Waals surface area contributed by atoms with Crippen molar-refractivity contribution >= 4 is 17.2 Å². The van der Waals surface area contributed by atoms with E-state index in [-0.39, 0.29) is 5.91 Å². The van der Waals surface area contributed by atoms with Gasteiger partial charge in [0.2, 0.25) is 5.91 Å². The Bertz CT molecular complexity index is 795. The lowest BCUT2D eigenvalue weighted by Crippen LogP contribution is -2.37. The number of methoxy groups -OCH3 is 1. The maximum absolute atomic E-state index is 12.8. The molecule has 142 valence electrons. The molecule has 0 bridgehead atoms. The minimum atomic E-state index is 0.0703. The number of carbonyl (C=O) groups excluding carboxylic acids is 1. The Labute approximate surface area is 163 Å². The van der Waals surface area contributed by atoms with Gasteiger partial charge < -0.3 is 14.1 Å². The molecule has 0 aliphatic carbocycles. The topological polar surface area (TPSA) is 45.9 Å². The molecule has 6 heteroatoms. The zero-order chi connectivity index (χ0) is 19.1. The van der Waals surface area contributed by atoms with Gasteiger partial charge in [0.15, 0.2) is 0 Å². The molecule has 0 atom stereocenters. The van der Waals surface area contributed by atoms with Crippen molar-refractivity contribution in [3.8, 4) is 5.75 Å². The van der Waals surface area contributed by atoms with Crippen molar-refractivity contribution in [2.45, 2.75) is 19.6 Å². The molecule has 0 N–H and O–H groups in total. The van der Waals surface area contributed by atoms with E-state index < -0.39 is 0 Å². The molecular weight excluding hydrogens is 360 g/mol. The number of benzene rings is 1. The number of carbonyl (C=O) groups is 1. The van der Waals surface area contributed by atoms with Gasteiger partial charge in [-0.1, -0.05) is 18.2 Å². The minimum absolute atomic E-state index is 0.0703. The molecule has 3 aromatic rings. The van der Waals surface area contributed by atoms with Gasteiger partial charge in [0, 0.05) is 25.0 Å². The largest absolute Gasteiger partial charge is 0.497 e. The smallest absolute Gasteiger partial charge is 0.236 e.